The van der Waals surface area contributed by atoms with Crippen LogP contribution in [0.2, 0.25) is 0 Å². The lowest BCUT2D eigenvalue weighted by molar-refractivity contribution is -0.116. The second kappa shape index (κ2) is 10.0. The van der Waals surface area contributed by atoms with E-state index in [1.807, 2.05) is 60.7 Å². The van der Waals surface area contributed by atoms with E-state index in [9.17, 15) is 14.4 Å². The lowest BCUT2D eigenvalue weighted by Gasteiger charge is -2.11. The molecule has 0 bridgehead atoms. The van der Waals surface area contributed by atoms with Gasteiger partial charge in [-0.1, -0.05) is 60.7 Å². The number of anilines is 1. The minimum atomic E-state index is -0.439. The van der Waals surface area contributed by atoms with Gasteiger partial charge < -0.3 is 10.6 Å². The van der Waals surface area contributed by atoms with Gasteiger partial charge in [-0.25, -0.2) is 4.79 Å². The summed E-state index contributed by atoms with van der Waals surface area (Å²) in [6.07, 6.45) is 3.23. The van der Waals surface area contributed by atoms with Crippen LogP contribution in [-0.4, -0.2) is 37.7 Å². The highest BCUT2D eigenvalue weighted by Crippen LogP contribution is 2.17. The topological polar surface area (TPSA) is 103 Å². The molecule has 2 aromatic heterocycles. The summed E-state index contributed by atoms with van der Waals surface area (Å²) in [5.74, 6) is 0.242. The minimum Gasteiger partial charge on any atom is -0.354 e. The molecule has 0 saturated heterocycles. The minimum absolute atomic E-state index is 0.209. The number of nitrogens with zero attached hydrogens (tertiary/aromatic N) is 4. The highest BCUT2D eigenvalue weighted by atomic mass is 16.2. The maximum Gasteiger partial charge on any atom is 0.332 e. The number of carbonyl (C=O) groups excluding carboxylic acids is 1. The van der Waals surface area contributed by atoms with Crippen molar-refractivity contribution in [1.29, 1.82) is 0 Å². The average Bonchev–Trinajstić information content (AvgIpc) is 3.22. The van der Waals surface area contributed by atoms with Gasteiger partial charge in [-0.15, -0.1) is 0 Å². The van der Waals surface area contributed by atoms with Crippen LogP contribution >= 0.6 is 0 Å². The summed E-state index contributed by atoms with van der Waals surface area (Å²) in [4.78, 5) is 42.0. The third-order valence-corrected chi connectivity index (χ3v) is 5.47. The highest BCUT2D eigenvalue weighted by molar-refractivity contribution is 5.91. The molecular weight excluding hydrogens is 432 g/mol. The Hall–Kier alpha value is -4.40. The van der Waals surface area contributed by atoms with Crippen molar-refractivity contribution in [3.63, 3.8) is 0 Å². The quantitative estimate of drug-likeness (QED) is 0.309. The van der Waals surface area contributed by atoms with Gasteiger partial charge in [0.15, 0.2) is 11.2 Å². The fourth-order valence-corrected chi connectivity index (χ4v) is 3.66. The Bertz CT molecular complexity index is 1450. The van der Waals surface area contributed by atoms with Crippen LogP contribution in [0.25, 0.3) is 17.2 Å². The number of nitrogens with one attached hydrogen (secondary N) is 2. The fraction of sp³-hybridized carbons (Fsp3) is 0.200. The molecule has 2 heterocycles. The highest BCUT2D eigenvalue weighted by Gasteiger charge is 2.19. The molecule has 1 amide bonds. The summed E-state index contributed by atoms with van der Waals surface area (Å²) in [5.41, 5.74) is 1.73. The molecule has 4 aromatic rings. The molecule has 4 rings (SSSR count). The van der Waals surface area contributed by atoms with E-state index in [2.05, 4.69) is 15.6 Å². The van der Waals surface area contributed by atoms with Crippen LogP contribution < -0.4 is 21.9 Å². The Morgan fingerprint density at radius 1 is 0.941 bits per heavy atom. The third-order valence-electron chi connectivity index (χ3n) is 5.47. The van der Waals surface area contributed by atoms with Gasteiger partial charge >= 0.3 is 5.69 Å². The first-order chi connectivity index (χ1) is 16.5. The van der Waals surface area contributed by atoms with Crippen LogP contribution in [0.15, 0.2) is 76.3 Å². The Morgan fingerprint density at radius 2 is 1.62 bits per heavy atom. The zero-order chi connectivity index (χ0) is 24.1. The van der Waals surface area contributed by atoms with Gasteiger partial charge in [0.05, 0.1) is 6.54 Å². The normalized spacial score (nSPS) is 11.2. The molecule has 0 spiro atoms. The molecule has 0 aliphatic rings. The molecule has 0 fully saturated rings. The number of rotatable bonds is 8. The predicted molar refractivity (Wildman–Crippen MR) is 133 cm³/mol. The van der Waals surface area contributed by atoms with Gasteiger partial charge in [-0.2, -0.15) is 4.98 Å². The van der Waals surface area contributed by atoms with Gasteiger partial charge in [0.2, 0.25) is 11.9 Å². The molecule has 2 aromatic carbocycles. The van der Waals surface area contributed by atoms with Crippen molar-refractivity contribution in [1.82, 2.24) is 24.0 Å². The average molecular weight is 459 g/mol. The van der Waals surface area contributed by atoms with E-state index in [-0.39, 0.29) is 5.91 Å². The van der Waals surface area contributed by atoms with Crippen LogP contribution in [0.1, 0.15) is 11.1 Å². The van der Waals surface area contributed by atoms with E-state index < -0.39 is 11.2 Å². The number of fused-ring (bicyclic) bond motifs is 1. The molecule has 9 heteroatoms. The van der Waals surface area contributed by atoms with Crippen molar-refractivity contribution in [2.24, 2.45) is 14.1 Å². The van der Waals surface area contributed by atoms with Crippen molar-refractivity contribution in [2.75, 3.05) is 18.4 Å². The Morgan fingerprint density at radius 3 is 2.32 bits per heavy atom. The zero-order valence-electron chi connectivity index (χ0n) is 19.1. The van der Waals surface area contributed by atoms with Crippen molar-refractivity contribution < 1.29 is 4.79 Å². The largest absolute Gasteiger partial charge is 0.354 e. The molecule has 34 heavy (non-hydrogen) atoms. The van der Waals surface area contributed by atoms with Gasteiger partial charge in [0.1, 0.15) is 0 Å². The Labute approximate surface area is 196 Å². The van der Waals surface area contributed by atoms with Crippen molar-refractivity contribution in [2.45, 2.75) is 6.54 Å². The van der Waals surface area contributed by atoms with Gasteiger partial charge in [0, 0.05) is 33.3 Å². The van der Waals surface area contributed by atoms with Crippen LogP contribution in [-0.2, 0) is 25.4 Å². The number of benzene rings is 2. The standard InChI is InChI=1S/C25H26N6O3/c1-29-22-21(23(33)30(2)25(29)34)31(17-19-11-7-4-8-12-19)24(28-22)27-16-15-26-20(32)14-13-18-9-5-3-6-10-18/h3-14H,15-17H2,1-2H3,(H,26,32)(H,27,28)/b14-13+. The molecular formula is C25H26N6O3. The molecule has 0 saturated carbocycles. The second-order valence-corrected chi connectivity index (χ2v) is 7.85. The Balaban J connectivity index is 1.53. The van der Waals surface area contributed by atoms with Crippen molar-refractivity contribution in [3.8, 4) is 0 Å². The van der Waals surface area contributed by atoms with Gasteiger partial charge in [0.25, 0.3) is 5.56 Å². The zero-order valence-corrected chi connectivity index (χ0v) is 19.1. The van der Waals surface area contributed by atoms with Crippen LogP contribution in [0, 0.1) is 0 Å². The van der Waals surface area contributed by atoms with Crippen molar-refractivity contribution >= 4 is 29.1 Å². The predicted octanol–water partition coefficient (Wildman–Crippen LogP) is 1.72. The summed E-state index contributed by atoms with van der Waals surface area (Å²) < 4.78 is 4.21. The molecule has 174 valence electrons. The molecule has 0 aliphatic carbocycles. The number of aryl methyl sites for hydroxylation is 1. The van der Waals surface area contributed by atoms with Crippen LogP contribution in [0.4, 0.5) is 5.95 Å². The molecule has 2 N–H and O–H groups in total. The van der Waals surface area contributed by atoms with Gasteiger partial charge in [-0.05, 0) is 17.2 Å². The summed E-state index contributed by atoms with van der Waals surface area (Å²) in [7, 11) is 3.04. The number of aromatic nitrogens is 4. The first-order valence-electron chi connectivity index (χ1n) is 10.9. The van der Waals surface area contributed by atoms with E-state index in [0.29, 0.717) is 36.7 Å². The smallest absolute Gasteiger partial charge is 0.332 e. The number of hydrogen-bond donors (Lipinski definition) is 2. The fourth-order valence-electron chi connectivity index (χ4n) is 3.66. The van der Waals surface area contributed by atoms with Crippen molar-refractivity contribution in [3.05, 3.63) is 98.7 Å². The van der Waals surface area contributed by atoms with Gasteiger partial charge in [-0.3, -0.25) is 23.3 Å². The molecule has 9 nitrogen and oxygen atoms in total. The first-order valence-corrected chi connectivity index (χ1v) is 10.9. The maximum absolute atomic E-state index is 12.9. The third kappa shape index (κ3) is 4.83. The number of hydrogen-bond acceptors (Lipinski definition) is 5. The number of imidazole rings is 1. The van der Waals surface area contributed by atoms with Crippen LogP contribution in [0.3, 0.4) is 0 Å². The SMILES string of the molecule is Cn1c(=O)c2c(nc(NCCNC(=O)/C=C/c3ccccc3)n2Cc2ccccc2)n(C)c1=O. The summed E-state index contributed by atoms with van der Waals surface area (Å²) in [6.45, 7) is 1.14. The van der Waals surface area contributed by atoms with E-state index in [1.54, 1.807) is 17.7 Å². The van der Waals surface area contributed by atoms with E-state index in [4.69, 9.17) is 0 Å². The summed E-state index contributed by atoms with van der Waals surface area (Å²) in [6, 6.07) is 19.3. The van der Waals surface area contributed by atoms with Crippen LogP contribution in [0.5, 0.6) is 0 Å². The molecule has 0 atom stereocenters. The second-order valence-electron chi connectivity index (χ2n) is 7.85. The number of carbonyl (C=O) groups is 1. The lowest BCUT2D eigenvalue weighted by atomic mass is 10.2. The van der Waals surface area contributed by atoms with E-state index >= 15 is 0 Å². The number of amides is 1. The molecule has 0 radical (unpaired) electrons. The Kier molecular flexibility index (Phi) is 6.72. The monoisotopic (exact) mass is 458 g/mol. The molecule has 0 aliphatic heterocycles. The summed E-state index contributed by atoms with van der Waals surface area (Å²) >= 11 is 0. The van der Waals surface area contributed by atoms with E-state index in [0.717, 1.165) is 15.7 Å². The first kappa shape index (κ1) is 22.8. The summed E-state index contributed by atoms with van der Waals surface area (Å²) in [5, 5.41) is 6.02. The molecule has 0 unspecified atom stereocenters. The maximum atomic E-state index is 12.9. The lowest BCUT2D eigenvalue weighted by Crippen LogP contribution is -2.37. The van der Waals surface area contributed by atoms with E-state index in [1.165, 1.54) is 17.7 Å².